The highest BCUT2D eigenvalue weighted by Gasteiger charge is 2.10. The maximum Gasteiger partial charge on any atom is 0.172 e. The largest absolute Gasteiger partial charge is 0.489 e. The van der Waals surface area contributed by atoms with Crippen LogP contribution < -0.4 is 4.74 Å². The Bertz CT molecular complexity index is 692. The molecule has 0 N–H and O–H groups in total. The summed E-state index contributed by atoms with van der Waals surface area (Å²) in [4.78, 5) is 15.9. The number of benzene rings is 2. The SMILES string of the molecule is CO/N=C(\C=O)c1ccccc1COc1cc(C)ccc1C. The summed E-state index contributed by atoms with van der Waals surface area (Å²) in [6.45, 7) is 4.39. The van der Waals surface area contributed by atoms with Crippen LogP contribution in [0.15, 0.2) is 47.6 Å². The fourth-order valence-electron chi connectivity index (χ4n) is 2.15. The van der Waals surface area contributed by atoms with E-state index in [1.54, 1.807) is 0 Å². The van der Waals surface area contributed by atoms with E-state index in [4.69, 9.17) is 9.57 Å². The number of rotatable bonds is 6. The molecule has 0 aliphatic heterocycles. The summed E-state index contributed by atoms with van der Waals surface area (Å²) in [5.41, 5.74) is 4.06. The van der Waals surface area contributed by atoms with Crippen molar-refractivity contribution in [2.75, 3.05) is 7.11 Å². The van der Waals surface area contributed by atoms with Crippen LogP contribution in [-0.4, -0.2) is 19.1 Å². The van der Waals surface area contributed by atoms with Crippen molar-refractivity contribution in [1.82, 2.24) is 0 Å². The van der Waals surface area contributed by atoms with Crippen molar-refractivity contribution in [3.8, 4) is 5.75 Å². The van der Waals surface area contributed by atoms with Gasteiger partial charge in [0.05, 0.1) is 0 Å². The number of nitrogens with zero attached hydrogens (tertiary/aromatic N) is 1. The zero-order valence-corrected chi connectivity index (χ0v) is 13.0. The van der Waals surface area contributed by atoms with Gasteiger partial charge < -0.3 is 9.57 Å². The molecule has 0 heterocycles. The lowest BCUT2D eigenvalue weighted by Gasteiger charge is -2.12. The second-order valence-corrected chi connectivity index (χ2v) is 4.99. The molecule has 0 aliphatic carbocycles. The minimum Gasteiger partial charge on any atom is -0.489 e. The van der Waals surface area contributed by atoms with Crippen molar-refractivity contribution < 1.29 is 14.4 Å². The first-order valence-corrected chi connectivity index (χ1v) is 7.00. The third kappa shape index (κ3) is 3.73. The first-order chi connectivity index (χ1) is 10.7. The number of hydrogen-bond donors (Lipinski definition) is 0. The number of ether oxygens (including phenoxy) is 1. The number of carbonyl (C=O) groups excluding carboxylic acids is 1. The van der Waals surface area contributed by atoms with Crippen LogP contribution in [0, 0.1) is 13.8 Å². The van der Waals surface area contributed by atoms with Gasteiger partial charge in [-0.1, -0.05) is 41.6 Å². The third-order valence-corrected chi connectivity index (χ3v) is 3.32. The maximum atomic E-state index is 11.2. The summed E-state index contributed by atoms with van der Waals surface area (Å²) in [6.07, 6.45) is 0.681. The minimum absolute atomic E-state index is 0.252. The van der Waals surface area contributed by atoms with Gasteiger partial charge in [-0.25, -0.2) is 0 Å². The standard InChI is InChI=1S/C18H19NO3/c1-13-8-9-14(2)18(10-13)22-12-15-6-4-5-7-16(15)17(11-20)19-21-3/h4-11H,12H2,1-3H3/b19-17+. The van der Waals surface area contributed by atoms with E-state index in [2.05, 4.69) is 5.16 Å². The molecule has 0 bridgehead atoms. The summed E-state index contributed by atoms with van der Waals surface area (Å²) < 4.78 is 5.91. The Morgan fingerprint density at radius 3 is 2.68 bits per heavy atom. The van der Waals surface area contributed by atoms with Crippen LogP contribution >= 0.6 is 0 Å². The molecule has 0 saturated carbocycles. The molecule has 0 amide bonds. The van der Waals surface area contributed by atoms with Crippen LogP contribution in [0.5, 0.6) is 5.75 Å². The molecule has 4 heteroatoms. The van der Waals surface area contributed by atoms with Crippen LogP contribution in [0.25, 0.3) is 0 Å². The van der Waals surface area contributed by atoms with Gasteiger partial charge in [-0.2, -0.15) is 0 Å². The average Bonchev–Trinajstić information content (AvgIpc) is 2.54. The van der Waals surface area contributed by atoms with Crippen LogP contribution in [0.1, 0.15) is 22.3 Å². The number of hydrogen-bond acceptors (Lipinski definition) is 4. The molecular formula is C18H19NO3. The van der Waals surface area contributed by atoms with Crippen LogP contribution in [0.4, 0.5) is 0 Å². The zero-order valence-electron chi connectivity index (χ0n) is 13.0. The van der Waals surface area contributed by atoms with Gasteiger partial charge in [-0.05, 0) is 36.6 Å². The molecule has 0 saturated heterocycles. The zero-order chi connectivity index (χ0) is 15.9. The monoisotopic (exact) mass is 297 g/mol. The van der Waals surface area contributed by atoms with Gasteiger partial charge in [-0.15, -0.1) is 0 Å². The molecular weight excluding hydrogens is 278 g/mol. The molecule has 0 spiro atoms. The van der Waals surface area contributed by atoms with Crippen molar-refractivity contribution in [2.45, 2.75) is 20.5 Å². The summed E-state index contributed by atoms with van der Waals surface area (Å²) in [5.74, 6) is 0.839. The quantitative estimate of drug-likeness (QED) is 0.466. The van der Waals surface area contributed by atoms with Gasteiger partial charge in [0.2, 0.25) is 0 Å². The Labute approximate surface area is 130 Å². The van der Waals surface area contributed by atoms with Crippen molar-refractivity contribution in [3.63, 3.8) is 0 Å². The molecule has 2 rings (SSSR count). The molecule has 0 aromatic heterocycles. The number of carbonyl (C=O) groups is 1. The average molecular weight is 297 g/mol. The summed E-state index contributed by atoms with van der Waals surface area (Å²) in [6, 6.07) is 13.6. The molecule has 0 unspecified atom stereocenters. The number of oxime groups is 1. The van der Waals surface area contributed by atoms with E-state index < -0.39 is 0 Å². The van der Waals surface area contributed by atoms with Crippen molar-refractivity contribution in [2.24, 2.45) is 5.16 Å². The van der Waals surface area contributed by atoms with E-state index in [0.717, 1.165) is 22.4 Å². The van der Waals surface area contributed by atoms with Crippen molar-refractivity contribution in [1.29, 1.82) is 0 Å². The molecule has 0 aliphatic rings. The summed E-state index contributed by atoms with van der Waals surface area (Å²) >= 11 is 0. The normalized spacial score (nSPS) is 11.1. The third-order valence-electron chi connectivity index (χ3n) is 3.32. The Morgan fingerprint density at radius 1 is 1.18 bits per heavy atom. The topological polar surface area (TPSA) is 47.9 Å². The fourth-order valence-corrected chi connectivity index (χ4v) is 2.15. The van der Waals surface area contributed by atoms with Crippen LogP contribution in [0.2, 0.25) is 0 Å². The van der Waals surface area contributed by atoms with Crippen molar-refractivity contribution >= 4 is 12.0 Å². The number of aryl methyl sites for hydroxylation is 2. The summed E-state index contributed by atoms with van der Waals surface area (Å²) in [5, 5.41) is 3.75. The first kappa shape index (κ1) is 15.8. The minimum atomic E-state index is 0.252. The number of aldehydes is 1. The maximum absolute atomic E-state index is 11.2. The molecule has 114 valence electrons. The second kappa shape index (κ2) is 7.41. The lowest BCUT2D eigenvalue weighted by molar-refractivity contribution is -0.102. The van der Waals surface area contributed by atoms with E-state index in [1.807, 2.05) is 56.3 Å². The fraction of sp³-hybridized carbons (Fsp3) is 0.222. The van der Waals surface area contributed by atoms with Gasteiger partial charge in [0.15, 0.2) is 6.29 Å². The van der Waals surface area contributed by atoms with Crippen LogP contribution in [0.3, 0.4) is 0 Å². The molecule has 0 fully saturated rings. The van der Waals surface area contributed by atoms with E-state index in [0.29, 0.717) is 18.5 Å². The Balaban J connectivity index is 2.25. The van der Waals surface area contributed by atoms with Gasteiger partial charge in [0.1, 0.15) is 25.2 Å². The highest BCUT2D eigenvalue weighted by Crippen LogP contribution is 2.21. The Kier molecular flexibility index (Phi) is 5.31. The van der Waals surface area contributed by atoms with E-state index >= 15 is 0 Å². The molecule has 4 nitrogen and oxygen atoms in total. The molecule has 2 aromatic rings. The van der Waals surface area contributed by atoms with Gasteiger partial charge in [0, 0.05) is 5.56 Å². The molecule has 0 atom stereocenters. The van der Waals surface area contributed by atoms with E-state index in [9.17, 15) is 4.79 Å². The predicted octanol–water partition coefficient (Wildman–Crippen LogP) is 3.43. The van der Waals surface area contributed by atoms with Gasteiger partial charge in [0.25, 0.3) is 0 Å². The highest BCUT2D eigenvalue weighted by molar-refractivity contribution is 6.36. The Morgan fingerprint density at radius 2 is 1.95 bits per heavy atom. The Hall–Kier alpha value is -2.62. The first-order valence-electron chi connectivity index (χ1n) is 7.00. The van der Waals surface area contributed by atoms with Gasteiger partial charge in [-0.3, -0.25) is 4.79 Å². The predicted molar refractivity (Wildman–Crippen MR) is 86.3 cm³/mol. The van der Waals surface area contributed by atoms with Crippen LogP contribution in [-0.2, 0) is 16.2 Å². The second-order valence-electron chi connectivity index (χ2n) is 4.99. The molecule has 22 heavy (non-hydrogen) atoms. The lowest BCUT2D eigenvalue weighted by Crippen LogP contribution is -2.09. The smallest absolute Gasteiger partial charge is 0.172 e. The molecule has 0 radical (unpaired) electrons. The van der Waals surface area contributed by atoms with Crippen molar-refractivity contribution in [3.05, 3.63) is 64.7 Å². The van der Waals surface area contributed by atoms with E-state index in [1.165, 1.54) is 7.11 Å². The highest BCUT2D eigenvalue weighted by atomic mass is 16.6. The molecule has 2 aromatic carbocycles. The van der Waals surface area contributed by atoms with Gasteiger partial charge >= 0.3 is 0 Å². The summed E-state index contributed by atoms with van der Waals surface area (Å²) in [7, 11) is 1.42. The van der Waals surface area contributed by atoms with E-state index in [-0.39, 0.29) is 5.71 Å². The lowest BCUT2D eigenvalue weighted by atomic mass is 10.0.